The van der Waals surface area contributed by atoms with Crippen LogP contribution in [0.3, 0.4) is 0 Å². The molecule has 1 aromatic rings. The lowest BCUT2D eigenvalue weighted by Crippen LogP contribution is -2.26. The third-order valence-electron chi connectivity index (χ3n) is 2.84. The van der Waals surface area contributed by atoms with Crippen molar-refractivity contribution in [3.05, 3.63) is 27.6 Å². The van der Waals surface area contributed by atoms with Crippen molar-refractivity contribution in [2.24, 2.45) is 5.92 Å². The Labute approximate surface area is 128 Å². The van der Waals surface area contributed by atoms with Crippen LogP contribution < -0.4 is 4.90 Å². The summed E-state index contributed by atoms with van der Waals surface area (Å²) in [6, 6.07) is 4.54. The molecule has 1 fully saturated rings. The summed E-state index contributed by atoms with van der Waals surface area (Å²) in [5.74, 6) is -1.45. The molecule has 2 rings (SSSR count). The van der Waals surface area contributed by atoms with Crippen LogP contribution in [0.4, 0.5) is 10.1 Å². The number of halogens is 3. The molecule has 1 heterocycles. The van der Waals surface area contributed by atoms with Crippen LogP contribution in [-0.2, 0) is 13.8 Å². The van der Waals surface area contributed by atoms with Gasteiger partial charge in [-0.3, -0.25) is 4.79 Å². The van der Waals surface area contributed by atoms with Crippen molar-refractivity contribution in [3.8, 4) is 0 Å². The minimum Gasteiger partial charge on any atom is -0.309 e. The van der Waals surface area contributed by atoms with Crippen LogP contribution in [-0.4, -0.2) is 26.6 Å². The number of rotatable bonds is 3. The lowest BCUT2D eigenvalue weighted by atomic mass is 10.1. The first-order chi connectivity index (χ1) is 8.76. The summed E-state index contributed by atoms with van der Waals surface area (Å²) in [5.41, 5.74) is 0.180. The zero-order valence-corrected chi connectivity index (χ0v) is 13.4. The van der Waals surface area contributed by atoms with E-state index in [1.165, 1.54) is 17.0 Å². The maximum atomic E-state index is 13.8. The van der Waals surface area contributed by atoms with Gasteiger partial charge in [0.2, 0.25) is 15.0 Å². The fourth-order valence-corrected chi connectivity index (χ4v) is 3.88. The van der Waals surface area contributed by atoms with Crippen molar-refractivity contribution in [1.82, 2.24) is 0 Å². The summed E-state index contributed by atoms with van der Waals surface area (Å²) < 4.78 is 36.5. The Morgan fingerprint density at radius 2 is 2.16 bits per heavy atom. The van der Waals surface area contributed by atoms with Crippen molar-refractivity contribution >= 4 is 53.9 Å². The molecular formula is C11H10ClFINO3S. The van der Waals surface area contributed by atoms with E-state index < -0.39 is 20.8 Å². The molecule has 0 radical (unpaired) electrons. The fourth-order valence-electron chi connectivity index (χ4n) is 2.11. The molecule has 1 amide bonds. The molecule has 1 atom stereocenters. The summed E-state index contributed by atoms with van der Waals surface area (Å²) in [6.45, 7) is 0.169. The Hall–Kier alpha value is -0.410. The van der Waals surface area contributed by atoms with Gasteiger partial charge < -0.3 is 4.90 Å². The standard InChI is InChI=1S/C11H10ClFINO3S/c12-19(17,18)6-7-3-11(16)15(5-7)10-2-1-8(14)4-9(10)13/h1-2,4,7H,3,5-6H2. The summed E-state index contributed by atoms with van der Waals surface area (Å²) in [6.07, 6.45) is 0.0668. The summed E-state index contributed by atoms with van der Waals surface area (Å²) in [7, 11) is 1.52. The molecule has 19 heavy (non-hydrogen) atoms. The second-order valence-electron chi connectivity index (χ2n) is 4.38. The molecule has 0 N–H and O–H groups in total. The van der Waals surface area contributed by atoms with Crippen molar-refractivity contribution in [2.75, 3.05) is 17.2 Å². The van der Waals surface area contributed by atoms with E-state index in [9.17, 15) is 17.6 Å². The van der Waals surface area contributed by atoms with Gasteiger partial charge in [-0.25, -0.2) is 12.8 Å². The molecule has 0 bridgehead atoms. The number of anilines is 1. The summed E-state index contributed by atoms with van der Waals surface area (Å²) in [4.78, 5) is 13.1. The average molecular weight is 418 g/mol. The van der Waals surface area contributed by atoms with Gasteiger partial charge in [0.05, 0.1) is 11.4 Å². The molecule has 0 spiro atoms. The van der Waals surface area contributed by atoms with Crippen LogP contribution in [0.15, 0.2) is 18.2 Å². The summed E-state index contributed by atoms with van der Waals surface area (Å²) in [5, 5.41) is 0. The minimum atomic E-state index is -3.66. The lowest BCUT2D eigenvalue weighted by molar-refractivity contribution is -0.117. The molecule has 1 aromatic carbocycles. The topological polar surface area (TPSA) is 54.5 Å². The Balaban J connectivity index is 2.20. The van der Waals surface area contributed by atoms with Gasteiger partial charge in [0, 0.05) is 33.1 Å². The number of carbonyl (C=O) groups is 1. The molecule has 1 aliphatic heterocycles. The van der Waals surface area contributed by atoms with E-state index in [0.29, 0.717) is 0 Å². The maximum absolute atomic E-state index is 13.8. The largest absolute Gasteiger partial charge is 0.309 e. The quantitative estimate of drug-likeness (QED) is 0.560. The number of hydrogen-bond acceptors (Lipinski definition) is 3. The molecule has 8 heteroatoms. The van der Waals surface area contributed by atoms with Gasteiger partial charge in [0.25, 0.3) is 0 Å². The molecule has 0 aromatic heterocycles. The van der Waals surface area contributed by atoms with E-state index in [1.54, 1.807) is 6.07 Å². The highest BCUT2D eigenvalue weighted by atomic mass is 127. The monoisotopic (exact) mass is 417 g/mol. The van der Waals surface area contributed by atoms with E-state index in [4.69, 9.17) is 10.7 Å². The van der Waals surface area contributed by atoms with Crippen LogP contribution in [0.5, 0.6) is 0 Å². The third-order valence-corrected chi connectivity index (χ3v) is 4.76. The van der Waals surface area contributed by atoms with Gasteiger partial charge in [-0.15, -0.1) is 0 Å². The van der Waals surface area contributed by atoms with Gasteiger partial charge in [-0.1, -0.05) is 0 Å². The highest BCUT2D eigenvalue weighted by molar-refractivity contribution is 14.1. The first kappa shape index (κ1) is 15.0. The van der Waals surface area contributed by atoms with Crippen LogP contribution >= 0.6 is 33.3 Å². The molecule has 0 aliphatic carbocycles. The molecule has 0 saturated carbocycles. The molecule has 4 nitrogen and oxygen atoms in total. The summed E-state index contributed by atoms with van der Waals surface area (Å²) >= 11 is 1.97. The van der Waals surface area contributed by atoms with E-state index in [-0.39, 0.29) is 30.3 Å². The molecule has 1 aliphatic rings. The number of amides is 1. The predicted molar refractivity (Wildman–Crippen MR) is 79.2 cm³/mol. The molecule has 104 valence electrons. The fraction of sp³-hybridized carbons (Fsp3) is 0.364. The smallest absolute Gasteiger partial charge is 0.232 e. The van der Waals surface area contributed by atoms with Gasteiger partial charge in [0.15, 0.2) is 0 Å². The van der Waals surface area contributed by atoms with Gasteiger partial charge in [-0.2, -0.15) is 0 Å². The van der Waals surface area contributed by atoms with Crippen molar-refractivity contribution in [3.63, 3.8) is 0 Å². The number of benzene rings is 1. The maximum Gasteiger partial charge on any atom is 0.232 e. The van der Waals surface area contributed by atoms with E-state index in [2.05, 4.69) is 0 Å². The van der Waals surface area contributed by atoms with E-state index in [1.807, 2.05) is 22.6 Å². The number of carbonyl (C=O) groups excluding carboxylic acids is 1. The van der Waals surface area contributed by atoms with Crippen LogP contribution in [0.2, 0.25) is 0 Å². The third kappa shape index (κ3) is 3.79. The first-order valence-corrected chi connectivity index (χ1v) is 9.00. The Morgan fingerprint density at radius 3 is 2.74 bits per heavy atom. The molecule has 1 saturated heterocycles. The average Bonchev–Trinajstić information content (AvgIpc) is 2.56. The van der Waals surface area contributed by atoms with E-state index >= 15 is 0 Å². The van der Waals surface area contributed by atoms with Crippen molar-refractivity contribution < 1.29 is 17.6 Å². The molecule has 1 unspecified atom stereocenters. The zero-order valence-electron chi connectivity index (χ0n) is 9.64. The number of nitrogens with zero attached hydrogens (tertiary/aromatic N) is 1. The lowest BCUT2D eigenvalue weighted by Gasteiger charge is -2.17. The van der Waals surface area contributed by atoms with Crippen LogP contribution in [0, 0.1) is 15.3 Å². The number of hydrogen-bond donors (Lipinski definition) is 0. The predicted octanol–water partition coefficient (Wildman–Crippen LogP) is 2.35. The molecular weight excluding hydrogens is 408 g/mol. The van der Waals surface area contributed by atoms with Crippen LogP contribution in [0.25, 0.3) is 0 Å². The minimum absolute atomic E-state index is 0.0668. The van der Waals surface area contributed by atoms with E-state index in [0.717, 1.165) is 3.57 Å². The van der Waals surface area contributed by atoms with Gasteiger partial charge in [0.1, 0.15) is 5.82 Å². The normalized spacial score (nSPS) is 20.1. The van der Waals surface area contributed by atoms with Gasteiger partial charge >= 0.3 is 0 Å². The highest BCUT2D eigenvalue weighted by Gasteiger charge is 2.34. The SMILES string of the molecule is O=C1CC(CS(=O)(=O)Cl)CN1c1ccc(I)cc1F. The highest BCUT2D eigenvalue weighted by Crippen LogP contribution is 2.29. The van der Waals surface area contributed by atoms with Crippen molar-refractivity contribution in [2.45, 2.75) is 6.42 Å². The Kier molecular flexibility index (Phi) is 4.36. The Bertz CT molecular complexity index is 622. The van der Waals surface area contributed by atoms with Gasteiger partial charge in [-0.05, 0) is 40.8 Å². The second kappa shape index (κ2) is 5.53. The Morgan fingerprint density at radius 1 is 1.47 bits per heavy atom. The van der Waals surface area contributed by atoms with Crippen LogP contribution in [0.1, 0.15) is 6.42 Å². The van der Waals surface area contributed by atoms with Crippen molar-refractivity contribution in [1.29, 1.82) is 0 Å². The second-order valence-corrected chi connectivity index (χ2v) is 8.44. The zero-order chi connectivity index (χ0) is 14.2. The first-order valence-electron chi connectivity index (χ1n) is 5.44.